The second-order valence-corrected chi connectivity index (χ2v) is 4.14. The number of amidine groups is 1. The minimum absolute atomic E-state index is 0.291. The fourth-order valence-corrected chi connectivity index (χ4v) is 1.38. The number of nitriles is 1. The zero-order chi connectivity index (χ0) is 10.8. The van der Waals surface area contributed by atoms with Crippen LogP contribution >= 0.6 is 0 Å². The lowest BCUT2D eigenvalue weighted by molar-refractivity contribution is 0.632. The van der Waals surface area contributed by atoms with Gasteiger partial charge in [0, 0.05) is 6.42 Å². The summed E-state index contributed by atoms with van der Waals surface area (Å²) in [4.78, 5) is 4.47. The molecule has 3 nitrogen and oxygen atoms in total. The lowest BCUT2D eigenvalue weighted by atomic mass is 10.0. The van der Waals surface area contributed by atoms with Crippen LogP contribution in [0, 0.1) is 11.3 Å². The number of nitrogens with zero attached hydrogens (tertiary/aromatic N) is 2. The van der Waals surface area contributed by atoms with E-state index in [1.807, 2.05) is 26.8 Å². The first-order chi connectivity index (χ1) is 6.43. The molecule has 1 aliphatic heterocycles. The summed E-state index contributed by atoms with van der Waals surface area (Å²) in [5.74, 6) is 0.821. The van der Waals surface area contributed by atoms with Crippen LogP contribution in [0.15, 0.2) is 28.9 Å². The fraction of sp³-hybridized carbons (Fsp3) is 0.455. The van der Waals surface area contributed by atoms with Gasteiger partial charge in [0.2, 0.25) is 0 Å². The predicted octanol–water partition coefficient (Wildman–Crippen LogP) is 2.14. The van der Waals surface area contributed by atoms with Gasteiger partial charge in [0.1, 0.15) is 17.6 Å². The average molecular weight is 189 g/mol. The van der Waals surface area contributed by atoms with Crippen molar-refractivity contribution in [1.29, 1.82) is 5.26 Å². The quantitative estimate of drug-likeness (QED) is 0.676. The molecule has 0 aromatic carbocycles. The predicted molar refractivity (Wildman–Crippen MR) is 57.8 cm³/mol. The van der Waals surface area contributed by atoms with Crippen LogP contribution in [0.4, 0.5) is 0 Å². The van der Waals surface area contributed by atoms with Crippen LogP contribution in [0.5, 0.6) is 0 Å². The van der Waals surface area contributed by atoms with Crippen molar-refractivity contribution in [3.05, 3.63) is 23.9 Å². The highest BCUT2D eigenvalue weighted by atomic mass is 15.1. The summed E-state index contributed by atoms with van der Waals surface area (Å²) in [5, 5.41) is 11.8. The Balaban J connectivity index is 2.88. The highest BCUT2D eigenvalue weighted by Crippen LogP contribution is 2.18. The molecule has 0 amide bonds. The van der Waals surface area contributed by atoms with Gasteiger partial charge in [0.25, 0.3) is 0 Å². The lowest BCUT2D eigenvalue weighted by Gasteiger charge is -2.24. The second kappa shape index (κ2) is 3.67. The molecule has 14 heavy (non-hydrogen) atoms. The molecule has 0 aromatic rings. The van der Waals surface area contributed by atoms with Crippen LogP contribution in [0.3, 0.4) is 0 Å². The maximum absolute atomic E-state index is 8.82. The zero-order valence-corrected chi connectivity index (χ0v) is 8.89. The Hall–Kier alpha value is -1.56. The van der Waals surface area contributed by atoms with Crippen LogP contribution in [0.2, 0.25) is 0 Å². The Morgan fingerprint density at radius 1 is 1.71 bits per heavy atom. The van der Waals surface area contributed by atoms with Crippen molar-refractivity contribution in [3.8, 4) is 6.07 Å². The monoisotopic (exact) mass is 189 g/mol. The maximum atomic E-state index is 8.82. The Labute approximate surface area is 84.8 Å². The van der Waals surface area contributed by atoms with Gasteiger partial charge in [0.05, 0.1) is 5.54 Å². The van der Waals surface area contributed by atoms with Crippen LogP contribution in [-0.4, -0.2) is 11.4 Å². The van der Waals surface area contributed by atoms with E-state index < -0.39 is 0 Å². The van der Waals surface area contributed by atoms with Crippen molar-refractivity contribution in [2.24, 2.45) is 4.99 Å². The van der Waals surface area contributed by atoms with E-state index in [1.54, 1.807) is 0 Å². The molecule has 0 saturated carbocycles. The van der Waals surface area contributed by atoms with Gasteiger partial charge >= 0.3 is 0 Å². The summed E-state index contributed by atoms with van der Waals surface area (Å²) in [7, 11) is 0. The lowest BCUT2D eigenvalue weighted by Crippen LogP contribution is -2.33. The van der Waals surface area contributed by atoms with Gasteiger partial charge in [-0.2, -0.15) is 5.26 Å². The van der Waals surface area contributed by atoms with Gasteiger partial charge in [-0.3, -0.25) is 4.99 Å². The molecule has 0 unspecified atom stereocenters. The fourth-order valence-electron chi connectivity index (χ4n) is 1.38. The molecule has 0 aliphatic carbocycles. The summed E-state index contributed by atoms with van der Waals surface area (Å²) >= 11 is 0. The van der Waals surface area contributed by atoms with Crippen LogP contribution in [-0.2, 0) is 0 Å². The van der Waals surface area contributed by atoms with Crippen molar-refractivity contribution in [1.82, 2.24) is 5.32 Å². The Morgan fingerprint density at radius 2 is 2.36 bits per heavy atom. The van der Waals surface area contributed by atoms with E-state index in [4.69, 9.17) is 5.26 Å². The molecule has 3 heteroatoms. The largest absolute Gasteiger partial charge is 0.335 e. The van der Waals surface area contributed by atoms with Crippen molar-refractivity contribution in [2.45, 2.75) is 32.7 Å². The number of hydrogen-bond donors (Lipinski definition) is 1. The zero-order valence-electron chi connectivity index (χ0n) is 8.89. The summed E-state index contributed by atoms with van der Waals surface area (Å²) in [6, 6.07) is 2.10. The number of nitrogens with one attached hydrogen (secondary N) is 1. The molecule has 0 saturated heterocycles. The van der Waals surface area contributed by atoms with Gasteiger partial charge in [0.15, 0.2) is 0 Å². The van der Waals surface area contributed by atoms with Crippen LogP contribution < -0.4 is 5.32 Å². The molecule has 0 aromatic heterocycles. The minimum Gasteiger partial charge on any atom is -0.335 e. The number of rotatable bonds is 2. The third-order valence-electron chi connectivity index (χ3n) is 1.79. The molecule has 1 N–H and O–H groups in total. The van der Waals surface area contributed by atoms with Crippen molar-refractivity contribution >= 4 is 5.84 Å². The molecule has 0 atom stereocenters. The van der Waals surface area contributed by atoms with E-state index >= 15 is 0 Å². The van der Waals surface area contributed by atoms with Crippen molar-refractivity contribution in [3.63, 3.8) is 0 Å². The average Bonchev–Trinajstić information content (AvgIpc) is 1.99. The van der Waals surface area contributed by atoms with Crippen LogP contribution in [0.25, 0.3) is 0 Å². The normalized spacial score (nSPS) is 18.7. The topological polar surface area (TPSA) is 48.2 Å². The number of aliphatic imine (C=N–C) groups is 1. The van der Waals surface area contributed by atoms with E-state index in [2.05, 4.69) is 23.0 Å². The van der Waals surface area contributed by atoms with E-state index in [0.29, 0.717) is 12.1 Å². The highest BCUT2D eigenvalue weighted by Gasteiger charge is 2.20. The standard InChI is InChI=1S/C11H15N3/c1-8(2)5-10-13-9(7-12)6-11(3,4)14-10/h6H,1,5H2,2-4H3,(H,13,14). The summed E-state index contributed by atoms with van der Waals surface area (Å²) in [6.45, 7) is 9.72. The first-order valence-electron chi connectivity index (χ1n) is 4.56. The Kier molecular flexibility index (Phi) is 2.76. The highest BCUT2D eigenvalue weighted by molar-refractivity contribution is 5.87. The molecule has 1 aliphatic rings. The summed E-state index contributed by atoms with van der Waals surface area (Å²) in [5.41, 5.74) is 1.31. The Morgan fingerprint density at radius 3 is 2.86 bits per heavy atom. The first-order valence-corrected chi connectivity index (χ1v) is 4.56. The molecule has 1 heterocycles. The van der Waals surface area contributed by atoms with Crippen LogP contribution in [0.1, 0.15) is 27.2 Å². The summed E-state index contributed by atoms with van der Waals surface area (Å²) in [6.07, 6.45) is 2.53. The molecule has 1 rings (SSSR count). The third-order valence-corrected chi connectivity index (χ3v) is 1.79. The van der Waals surface area contributed by atoms with Gasteiger partial charge in [-0.05, 0) is 26.8 Å². The molecule has 0 fully saturated rings. The SMILES string of the molecule is C=C(C)CC1=NC(C)(C)C=C(C#N)N1. The molecule has 0 bridgehead atoms. The smallest absolute Gasteiger partial charge is 0.117 e. The molecular formula is C11H15N3. The van der Waals surface area contributed by atoms with E-state index in [9.17, 15) is 0 Å². The minimum atomic E-state index is -0.291. The van der Waals surface area contributed by atoms with E-state index in [-0.39, 0.29) is 5.54 Å². The summed E-state index contributed by atoms with van der Waals surface area (Å²) < 4.78 is 0. The maximum Gasteiger partial charge on any atom is 0.117 e. The number of allylic oxidation sites excluding steroid dienone is 1. The van der Waals surface area contributed by atoms with E-state index in [1.165, 1.54) is 0 Å². The Bertz CT molecular complexity index is 353. The molecular weight excluding hydrogens is 174 g/mol. The molecule has 0 radical (unpaired) electrons. The van der Waals surface area contributed by atoms with Gasteiger partial charge < -0.3 is 5.32 Å². The molecule has 74 valence electrons. The van der Waals surface area contributed by atoms with Gasteiger partial charge in [-0.25, -0.2) is 0 Å². The van der Waals surface area contributed by atoms with Crippen molar-refractivity contribution in [2.75, 3.05) is 0 Å². The number of hydrogen-bond acceptors (Lipinski definition) is 3. The molecule has 0 spiro atoms. The van der Waals surface area contributed by atoms with Gasteiger partial charge in [-0.1, -0.05) is 12.2 Å². The second-order valence-electron chi connectivity index (χ2n) is 4.14. The third kappa shape index (κ3) is 2.74. The first kappa shape index (κ1) is 10.5. The van der Waals surface area contributed by atoms with E-state index in [0.717, 1.165) is 11.4 Å². The van der Waals surface area contributed by atoms with Gasteiger partial charge in [-0.15, -0.1) is 0 Å². The van der Waals surface area contributed by atoms with Crippen molar-refractivity contribution < 1.29 is 0 Å².